The van der Waals surface area contributed by atoms with Gasteiger partial charge in [0.25, 0.3) is 0 Å². The molecule has 2 N–H and O–H groups in total. The van der Waals surface area contributed by atoms with Gasteiger partial charge in [0, 0.05) is 12.0 Å². The third kappa shape index (κ3) is 4.94. The van der Waals surface area contributed by atoms with Gasteiger partial charge in [-0.25, -0.2) is 9.97 Å². The predicted molar refractivity (Wildman–Crippen MR) is 133 cm³/mol. The van der Waals surface area contributed by atoms with Crippen molar-refractivity contribution in [1.29, 1.82) is 0 Å². The molecule has 0 amide bonds. The smallest absolute Gasteiger partial charge is 0.224 e. The van der Waals surface area contributed by atoms with Gasteiger partial charge in [-0.05, 0) is 36.3 Å². The van der Waals surface area contributed by atoms with Crippen LogP contribution >= 0.6 is 0 Å². The molecule has 2 unspecified atom stereocenters. The van der Waals surface area contributed by atoms with Crippen molar-refractivity contribution in [2.45, 2.75) is 103 Å². The fraction of sp³-hybridized carbons (Fsp3) is 0.773. The normalized spacial score (nSPS) is 23.2. The van der Waals surface area contributed by atoms with Crippen LogP contribution < -0.4 is 5.73 Å². The fourth-order valence-corrected chi connectivity index (χ4v) is 5.70. The average molecular weight is 480 g/mol. The van der Waals surface area contributed by atoms with Gasteiger partial charge in [-0.1, -0.05) is 41.5 Å². The van der Waals surface area contributed by atoms with Gasteiger partial charge in [0.15, 0.2) is 22.3 Å². The Labute approximate surface area is 194 Å². The number of fused-ring (bicyclic) bond motifs is 1. The van der Waals surface area contributed by atoms with Crippen LogP contribution in [0.4, 0.5) is 5.95 Å². The molecule has 0 spiro atoms. The molecule has 0 aromatic carbocycles. The summed E-state index contributed by atoms with van der Waals surface area (Å²) in [5, 5.41) is 4.62. The third-order valence-corrected chi connectivity index (χ3v) is 16.6. The molecule has 1 saturated heterocycles. The van der Waals surface area contributed by atoms with Crippen molar-refractivity contribution < 1.29 is 13.6 Å². The van der Waals surface area contributed by atoms with E-state index in [1.807, 2.05) is 0 Å². The number of nitrogens with two attached hydrogens (primary N) is 1. The number of nitrogen functional groups attached to an aromatic ring is 1. The number of rotatable bonds is 6. The Morgan fingerprint density at radius 2 is 1.69 bits per heavy atom. The highest BCUT2D eigenvalue weighted by atomic mass is 28.4. The molecule has 0 bridgehead atoms. The Bertz CT molecular complexity index is 949. The number of ether oxygens (including phenoxy) is 1. The zero-order chi connectivity index (χ0) is 24.1. The van der Waals surface area contributed by atoms with E-state index in [1.165, 1.54) is 6.33 Å². The average Bonchev–Trinajstić information content (AvgIpc) is 3.22. The lowest BCUT2D eigenvalue weighted by Crippen LogP contribution is -2.48. The minimum atomic E-state index is -1.99. The van der Waals surface area contributed by atoms with Gasteiger partial charge in [-0.15, -0.1) is 0 Å². The summed E-state index contributed by atoms with van der Waals surface area (Å²) in [6.07, 6.45) is 3.63. The summed E-state index contributed by atoms with van der Waals surface area (Å²) in [5.74, 6) is 0.311. The summed E-state index contributed by atoms with van der Waals surface area (Å²) in [7, 11) is -3.91. The first-order valence-electron chi connectivity index (χ1n) is 11.4. The highest BCUT2D eigenvalue weighted by Crippen LogP contribution is 2.44. The van der Waals surface area contributed by atoms with E-state index >= 15 is 0 Å². The Kier molecular flexibility index (Phi) is 6.69. The summed E-state index contributed by atoms with van der Waals surface area (Å²) in [5.41, 5.74) is 7.56. The maximum absolute atomic E-state index is 6.86. The molecule has 2 aromatic rings. The topological polar surface area (TPSA) is 96.8 Å². The Morgan fingerprint density at radius 1 is 1.06 bits per heavy atom. The van der Waals surface area contributed by atoms with Crippen LogP contribution in [0.15, 0.2) is 12.5 Å². The Balaban J connectivity index is 1.87. The quantitative estimate of drug-likeness (QED) is 0.585. The molecule has 8 nitrogen and oxygen atoms in total. The van der Waals surface area contributed by atoms with Crippen LogP contribution in [0.2, 0.25) is 36.3 Å². The van der Waals surface area contributed by atoms with Crippen LogP contribution in [-0.2, 0) is 13.6 Å². The van der Waals surface area contributed by atoms with E-state index in [2.05, 4.69) is 82.8 Å². The van der Waals surface area contributed by atoms with Gasteiger partial charge in [-0.3, -0.25) is 0 Å². The van der Waals surface area contributed by atoms with Crippen LogP contribution in [0.1, 0.15) is 59.6 Å². The van der Waals surface area contributed by atoms with Crippen LogP contribution in [0.3, 0.4) is 0 Å². The standard InChI is InChI=1S/C22H41N5O3Si2/c1-21(2,3)31(7,8)28-13-18-17(30-32(9,10)22(4,5)6)11-16(29-18)15-12-26-27-19(15)24-14-25-20(27)23/h12,14,16-18H,11,13H2,1-10H3,(H2,23,24,25)/t16-,17?,18?/m1/s1. The number of anilines is 1. The van der Waals surface area contributed by atoms with Crippen molar-refractivity contribution >= 4 is 28.2 Å². The molecule has 3 heterocycles. The van der Waals surface area contributed by atoms with Crippen LogP contribution in [0, 0.1) is 0 Å². The molecule has 32 heavy (non-hydrogen) atoms. The van der Waals surface area contributed by atoms with Gasteiger partial charge in [0.1, 0.15) is 12.4 Å². The molecule has 2 aromatic heterocycles. The lowest BCUT2D eigenvalue weighted by molar-refractivity contribution is -0.0161. The van der Waals surface area contributed by atoms with Crippen LogP contribution in [0.25, 0.3) is 5.65 Å². The van der Waals surface area contributed by atoms with E-state index in [0.717, 1.165) is 12.0 Å². The lowest BCUT2D eigenvalue weighted by Gasteiger charge is -2.40. The first-order chi connectivity index (χ1) is 14.5. The summed E-state index contributed by atoms with van der Waals surface area (Å²) in [6, 6.07) is 0. The molecule has 10 heteroatoms. The predicted octanol–water partition coefficient (Wildman–Crippen LogP) is 4.95. The van der Waals surface area contributed by atoms with Gasteiger partial charge in [-0.2, -0.15) is 9.61 Å². The number of hydrogen-bond acceptors (Lipinski definition) is 7. The van der Waals surface area contributed by atoms with Gasteiger partial charge in [0.2, 0.25) is 5.95 Å². The van der Waals surface area contributed by atoms with Crippen molar-refractivity contribution in [2.24, 2.45) is 0 Å². The van der Waals surface area contributed by atoms with Gasteiger partial charge < -0.3 is 19.3 Å². The van der Waals surface area contributed by atoms with E-state index in [1.54, 1.807) is 10.7 Å². The maximum Gasteiger partial charge on any atom is 0.224 e. The van der Waals surface area contributed by atoms with Gasteiger partial charge in [0.05, 0.1) is 25.0 Å². The first-order valence-corrected chi connectivity index (χ1v) is 17.3. The highest BCUT2D eigenvalue weighted by Gasteiger charge is 2.47. The number of nitrogens with zero attached hydrogens (tertiary/aromatic N) is 4. The molecule has 180 valence electrons. The van der Waals surface area contributed by atoms with Gasteiger partial charge >= 0.3 is 0 Å². The van der Waals surface area contributed by atoms with Crippen molar-refractivity contribution in [3.8, 4) is 0 Å². The van der Waals surface area contributed by atoms with E-state index in [-0.39, 0.29) is 28.4 Å². The zero-order valence-corrected chi connectivity index (χ0v) is 23.4. The monoisotopic (exact) mass is 479 g/mol. The molecule has 0 radical (unpaired) electrons. The molecule has 3 atom stereocenters. The lowest BCUT2D eigenvalue weighted by atomic mass is 10.1. The summed E-state index contributed by atoms with van der Waals surface area (Å²) < 4.78 is 21.5. The second-order valence-corrected chi connectivity index (χ2v) is 21.5. The second kappa shape index (κ2) is 8.46. The summed E-state index contributed by atoms with van der Waals surface area (Å²) in [6.45, 7) is 23.2. The minimum absolute atomic E-state index is 0.0419. The van der Waals surface area contributed by atoms with Crippen LogP contribution in [-0.4, -0.2) is 55.0 Å². The molecule has 1 fully saturated rings. The molecular weight excluding hydrogens is 438 g/mol. The first kappa shape index (κ1) is 25.3. The fourth-order valence-electron chi connectivity index (χ4n) is 3.33. The largest absolute Gasteiger partial charge is 0.414 e. The summed E-state index contributed by atoms with van der Waals surface area (Å²) >= 11 is 0. The molecule has 0 aliphatic carbocycles. The van der Waals surface area contributed by atoms with E-state index in [0.29, 0.717) is 18.2 Å². The third-order valence-electron chi connectivity index (χ3n) is 7.57. The van der Waals surface area contributed by atoms with Crippen molar-refractivity contribution in [2.75, 3.05) is 12.3 Å². The number of hydrogen-bond donors (Lipinski definition) is 1. The summed E-state index contributed by atoms with van der Waals surface area (Å²) in [4.78, 5) is 8.42. The SMILES string of the molecule is CC(C)(C)[Si](C)(C)OCC1O[C@@H](c2cnn3c(N)ncnc23)CC1O[Si](C)(C)C(C)(C)C. The highest BCUT2D eigenvalue weighted by molar-refractivity contribution is 6.74. The van der Waals surface area contributed by atoms with Crippen molar-refractivity contribution in [3.63, 3.8) is 0 Å². The number of aromatic nitrogens is 4. The molecular formula is C22H41N5O3Si2. The van der Waals surface area contributed by atoms with E-state index in [4.69, 9.17) is 19.3 Å². The molecule has 1 aliphatic heterocycles. The zero-order valence-electron chi connectivity index (χ0n) is 21.4. The Morgan fingerprint density at radius 3 is 2.28 bits per heavy atom. The van der Waals surface area contributed by atoms with Crippen molar-refractivity contribution in [3.05, 3.63) is 18.1 Å². The molecule has 1 aliphatic rings. The van der Waals surface area contributed by atoms with E-state index < -0.39 is 16.6 Å². The second-order valence-electron chi connectivity index (χ2n) is 12.0. The molecule has 0 saturated carbocycles. The minimum Gasteiger partial charge on any atom is -0.414 e. The molecule has 3 rings (SSSR count). The van der Waals surface area contributed by atoms with Crippen molar-refractivity contribution in [1.82, 2.24) is 19.6 Å². The van der Waals surface area contributed by atoms with Crippen LogP contribution in [0.5, 0.6) is 0 Å². The maximum atomic E-state index is 6.86. The Hall–Kier alpha value is -1.34. The van der Waals surface area contributed by atoms with E-state index in [9.17, 15) is 0 Å².